The van der Waals surface area contributed by atoms with E-state index in [1.54, 1.807) is 0 Å². The average molecular weight is 458 g/mol. The first kappa shape index (κ1) is 18.9. The van der Waals surface area contributed by atoms with Crippen LogP contribution in [0.4, 0.5) is 5.69 Å². The number of benzene rings is 1. The molecule has 0 unspecified atom stereocenters. The fourth-order valence-corrected chi connectivity index (χ4v) is 3.02. The van der Waals surface area contributed by atoms with E-state index in [1.807, 2.05) is 45.0 Å². The van der Waals surface area contributed by atoms with Gasteiger partial charge in [-0.25, -0.2) is 0 Å². The summed E-state index contributed by atoms with van der Waals surface area (Å²) >= 11 is 3.43. The fourth-order valence-electron chi connectivity index (χ4n) is 1.74. The molecule has 0 spiro atoms. The van der Waals surface area contributed by atoms with Crippen LogP contribution in [-0.2, 0) is 9.59 Å². The number of thioether (sulfide) groups is 1. The molecule has 2 rings (SSSR count). The van der Waals surface area contributed by atoms with E-state index in [-0.39, 0.29) is 18.2 Å². The van der Waals surface area contributed by atoms with Crippen molar-refractivity contribution in [3.63, 3.8) is 0 Å². The molecular weight excluding hydrogens is 439 g/mol. The van der Waals surface area contributed by atoms with Gasteiger partial charge < -0.3 is 10.6 Å². The number of halogens is 1. The van der Waals surface area contributed by atoms with E-state index in [2.05, 4.69) is 43.4 Å². The minimum atomic E-state index is -0.484. The molecule has 1 heterocycles. The fraction of sp³-hybridized carbons (Fsp3) is 0.375. The molecule has 1 saturated heterocycles. The Hall–Kier alpha value is -1.42. The van der Waals surface area contributed by atoms with E-state index in [9.17, 15) is 9.59 Å². The first-order valence-corrected chi connectivity index (χ1v) is 9.46. The lowest BCUT2D eigenvalue weighted by Crippen LogP contribution is -2.28. The molecule has 0 bridgehead atoms. The van der Waals surface area contributed by atoms with Crippen LogP contribution in [0.3, 0.4) is 0 Å². The van der Waals surface area contributed by atoms with Gasteiger partial charge in [0.15, 0.2) is 5.17 Å². The number of nitrogens with zero attached hydrogens (tertiary/aromatic N) is 2. The third kappa shape index (κ3) is 5.59. The first-order valence-electron chi connectivity index (χ1n) is 7.50. The molecular formula is C16H19IN4O2S. The maximum Gasteiger partial charge on any atom is 0.240 e. The summed E-state index contributed by atoms with van der Waals surface area (Å²) < 4.78 is 1.09. The number of carbonyl (C=O) groups is 2. The van der Waals surface area contributed by atoms with Gasteiger partial charge in [-0.1, -0.05) is 25.6 Å². The first-order chi connectivity index (χ1) is 11.3. The minimum absolute atomic E-state index is 0.0917. The Balaban J connectivity index is 1.92. The Morgan fingerprint density at radius 3 is 2.67 bits per heavy atom. The van der Waals surface area contributed by atoms with Crippen molar-refractivity contribution in [3.05, 3.63) is 27.8 Å². The van der Waals surface area contributed by atoms with Crippen molar-refractivity contribution in [3.8, 4) is 0 Å². The highest BCUT2D eigenvalue weighted by molar-refractivity contribution is 14.1. The van der Waals surface area contributed by atoms with Crippen molar-refractivity contribution in [1.82, 2.24) is 5.32 Å². The van der Waals surface area contributed by atoms with Crippen molar-refractivity contribution in [2.24, 2.45) is 16.1 Å². The van der Waals surface area contributed by atoms with Crippen LogP contribution in [0, 0.1) is 9.49 Å². The summed E-state index contributed by atoms with van der Waals surface area (Å²) in [4.78, 5) is 24.0. The lowest BCUT2D eigenvalue weighted by molar-refractivity contribution is -0.122. The molecule has 0 aromatic heterocycles. The molecule has 1 aliphatic heterocycles. The Morgan fingerprint density at radius 1 is 1.38 bits per heavy atom. The molecule has 2 N–H and O–H groups in total. The predicted octanol–water partition coefficient (Wildman–Crippen LogP) is 3.24. The van der Waals surface area contributed by atoms with Gasteiger partial charge >= 0.3 is 0 Å². The van der Waals surface area contributed by atoms with E-state index in [4.69, 9.17) is 0 Å². The molecule has 2 amide bonds. The summed E-state index contributed by atoms with van der Waals surface area (Å²) in [5, 5.41) is 13.6. The van der Waals surface area contributed by atoms with E-state index >= 15 is 0 Å². The number of rotatable bonds is 5. The van der Waals surface area contributed by atoms with Crippen LogP contribution < -0.4 is 10.6 Å². The Morgan fingerprint density at radius 2 is 2.04 bits per heavy atom. The molecule has 1 aromatic rings. The van der Waals surface area contributed by atoms with Crippen molar-refractivity contribution in [2.45, 2.75) is 32.4 Å². The van der Waals surface area contributed by atoms with E-state index < -0.39 is 5.25 Å². The van der Waals surface area contributed by atoms with Gasteiger partial charge in [-0.15, -0.1) is 5.10 Å². The quantitative estimate of drug-likeness (QED) is 0.404. The van der Waals surface area contributed by atoms with Crippen LogP contribution in [0.2, 0.25) is 0 Å². The number of amidine groups is 1. The molecule has 1 fully saturated rings. The maximum absolute atomic E-state index is 12.1. The molecule has 6 nitrogen and oxygen atoms in total. The topological polar surface area (TPSA) is 82.9 Å². The smallest absolute Gasteiger partial charge is 0.240 e. The van der Waals surface area contributed by atoms with Crippen LogP contribution in [0.1, 0.15) is 27.2 Å². The largest absolute Gasteiger partial charge is 0.326 e. The second kappa shape index (κ2) is 8.61. The number of amides is 2. The molecule has 1 atom stereocenters. The maximum atomic E-state index is 12.1. The Bertz CT molecular complexity index is 686. The van der Waals surface area contributed by atoms with Crippen molar-refractivity contribution in [1.29, 1.82) is 0 Å². The van der Waals surface area contributed by atoms with Gasteiger partial charge in [0.25, 0.3) is 0 Å². The van der Waals surface area contributed by atoms with E-state index in [0.29, 0.717) is 11.1 Å². The summed E-state index contributed by atoms with van der Waals surface area (Å²) in [5.41, 5.74) is 1.60. The highest BCUT2D eigenvalue weighted by Crippen LogP contribution is 2.23. The number of carbonyl (C=O) groups excluding carboxylic acids is 2. The predicted molar refractivity (Wildman–Crippen MR) is 107 cm³/mol. The van der Waals surface area contributed by atoms with Gasteiger partial charge in [0, 0.05) is 21.4 Å². The Labute approximate surface area is 159 Å². The second-order valence-electron chi connectivity index (χ2n) is 5.66. The third-order valence-electron chi connectivity index (χ3n) is 3.41. The second-order valence-corrected chi connectivity index (χ2v) is 8.09. The summed E-state index contributed by atoms with van der Waals surface area (Å²) in [6.07, 6.45) is 0.0917. The van der Waals surface area contributed by atoms with Gasteiger partial charge in [0.05, 0.1) is 0 Å². The number of anilines is 1. The molecule has 0 aliphatic carbocycles. The van der Waals surface area contributed by atoms with Gasteiger partial charge in [-0.2, -0.15) is 5.10 Å². The number of nitrogens with one attached hydrogen (secondary N) is 2. The number of hydrogen-bond acceptors (Lipinski definition) is 5. The zero-order chi connectivity index (χ0) is 17.7. The molecule has 1 aromatic carbocycles. The van der Waals surface area contributed by atoms with E-state index in [0.717, 1.165) is 15.0 Å². The van der Waals surface area contributed by atoms with Crippen molar-refractivity contribution < 1.29 is 9.59 Å². The Kier molecular flexibility index (Phi) is 6.79. The lowest BCUT2D eigenvalue weighted by Gasteiger charge is -2.07. The molecule has 1 aliphatic rings. The third-order valence-corrected chi connectivity index (χ3v) is 5.20. The monoisotopic (exact) mass is 458 g/mol. The standard InChI is InChI=1S/C16H19IN4O2S/c1-9(2)10(3)20-21-16-19-15(23)13(24-16)8-14(22)18-12-6-4-11(17)5-7-12/h4-7,9,13H,8H2,1-3H3,(H,18,22)(H,19,21,23)/t13-/m0/s1. The van der Waals surface area contributed by atoms with Crippen LogP contribution in [-0.4, -0.2) is 27.9 Å². The summed E-state index contributed by atoms with van der Waals surface area (Å²) in [6.45, 7) is 5.94. The van der Waals surface area contributed by atoms with Gasteiger partial charge in [-0.05, 0) is 59.7 Å². The molecule has 128 valence electrons. The highest BCUT2D eigenvalue weighted by Gasteiger charge is 2.32. The van der Waals surface area contributed by atoms with E-state index in [1.165, 1.54) is 11.8 Å². The molecule has 24 heavy (non-hydrogen) atoms. The van der Waals surface area contributed by atoms with Crippen LogP contribution in [0.5, 0.6) is 0 Å². The SMILES string of the molecule is CC(=NN=C1NC(=O)[C@H](CC(=O)Nc2ccc(I)cc2)S1)C(C)C. The number of hydrogen-bond donors (Lipinski definition) is 2. The van der Waals surface area contributed by atoms with Crippen LogP contribution in [0.25, 0.3) is 0 Å². The summed E-state index contributed by atoms with van der Waals surface area (Å²) in [7, 11) is 0. The van der Waals surface area contributed by atoms with Crippen molar-refractivity contribution >= 4 is 62.7 Å². The average Bonchev–Trinajstić information content (AvgIpc) is 2.87. The zero-order valence-corrected chi connectivity index (χ0v) is 16.6. The molecule has 0 radical (unpaired) electrons. The molecule has 8 heteroatoms. The van der Waals surface area contributed by atoms with Gasteiger partial charge in [0.1, 0.15) is 5.25 Å². The highest BCUT2D eigenvalue weighted by atomic mass is 127. The summed E-state index contributed by atoms with van der Waals surface area (Å²) in [5.74, 6) is -0.118. The minimum Gasteiger partial charge on any atom is -0.326 e. The lowest BCUT2D eigenvalue weighted by atomic mass is 10.1. The van der Waals surface area contributed by atoms with Crippen molar-refractivity contribution in [2.75, 3.05) is 5.32 Å². The normalized spacial score (nSPS) is 19.7. The van der Waals surface area contributed by atoms with Crippen LogP contribution >= 0.6 is 34.4 Å². The van der Waals surface area contributed by atoms with Gasteiger partial charge in [-0.3, -0.25) is 9.59 Å². The zero-order valence-electron chi connectivity index (χ0n) is 13.7. The van der Waals surface area contributed by atoms with Crippen LogP contribution in [0.15, 0.2) is 34.5 Å². The summed E-state index contributed by atoms with van der Waals surface area (Å²) in [6, 6.07) is 7.48. The van der Waals surface area contributed by atoms with Gasteiger partial charge in [0.2, 0.25) is 11.8 Å². The molecule has 0 saturated carbocycles.